The van der Waals surface area contributed by atoms with Gasteiger partial charge in [0.15, 0.2) is 23.2 Å². The largest absolute Gasteiger partial charge is 0.394 e. The van der Waals surface area contributed by atoms with E-state index < -0.39 is 31.1 Å². The Bertz CT molecular complexity index is 708. The Kier molecular flexibility index (Phi) is 4.81. The summed E-state index contributed by atoms with van der Waals surface area (Å²) < 4.78 is 7.15. The molecule has 0 unspecified atom stereocenters. The van der Waals surface area contributed by atoms with Gasteiger partial charge in [-0.1, -0.05) is 13.3 Å². The third-order valence-electron chi connectivity index (χ3n) is 4.09. The first-order chi connectivity index (χ1) is 11.6. The first-order valence-electron chi connectivity index (χ1n) is 7.93. The molecule has 0 amide bonds. The van der Waals surface area contributed by atoms with E-state index in [1.165, 1.54) is 6.33 Å². The minimum absolute atomic E-state index is 0.212. The number of rotatable bonds is 6. The molecule has 0 aliphatic carbocycles. The van der Waals surface area contributed by atoms with Crippen molar-refractivity contribution in [1.29, 1.82) is 0 Å². The third kappa shape index (κ3) is 2.77. The summed E-state index contributed by atoms with van der Waals surface area (Å²) in [5.74, 6) is 0.629. The summed E-state index contributed by atoms with van der Waals surface area (Å²) in [6.07, 6.45) is -1.04. The normalized spacial score (nSPS) is 27.0. The smallest absolute Gasteiger partial charge is 0.207 e. The number of nitrogen functional groups attached to an aromatic ring is 1. The highest BCUT2D eigenvalue weighted by Gasteiger charge is 2.45. The van der Waals surface area contributed by atoms with Crippen LogP contribution in [-0.2, 0) is 4.74 Å². The van der Waals surface area contributed by atoms with Gasteiger partial charge >= 0.3 is 0 Å². The van der Waals surface area contributed by atoms with Gasteiger partial charge in [0.25, 0.3) is 0 Å². The Balaban J connectivity index is 2.04. The topological polar surface area (TPSA) is 152 Å². The summed E-state index contributed by atoms with van der Waals surface area (Å²) in [6.45, 7) is 2.33. The zero-order chi connectivity index (χ0) is 17.3. The number of ether oxygens (including phenoxy) is 1. The molecule has 0 aromatic carbocycles. The van der Waals surface area contributed by atoms with Gasteiger partial charge in [-0.05, 0) is 6.42 Å². The summed E-state index contributed by atoms with van der Waals surface area (Å²) in [5.41, 5.74) is 6.63. The van der Waals surface area contributed by atoms with Crippen LogP contribution < -0.4 is 11.1 Å². The number of fused-ring (bicyclic) bond motifs is 1. The van der Waals surface area contributed by atoms with E-state index in [0.29, 0.717) is 23.7 Å². The van der Waals surface area contributed by atoms with Crippen LogP contribution in [-0.4, -0.2) is 66.3 Å². The maximum absolute atomic E-state index is 10.3. The molecule has 2 aromatic rings. The number of nitrogens with two attached hydrogens (primary N) is 1. The molecule has 0 saturated carbocycles. The third-order valence-corrected chi connectivity index (χ3v) is 4.09. The Morgan fingerprint density at radius 3 is 2.79 bits per heavy atom. The standard InChI is InChI=1S/C14H22N6O4/c1-2-3-4-16-14-19-8-11(15)17-6-18-12(8)20(14)13-10(23)9(22)7(5-21)24-13/h6-7,9-10,13,21-23H,2-5H2,1H3,(H,16,19)(H2,15,17,18)/t7-,9-,10+,13-/m1/s1. The van der Waals surface area contributed by atoms with E-state index in [4.69, 9.17) is 10.5 Å². The summed E-state index contributed by atoms with van der Waals surface area (Å²) in [6, 6.07) is 0. The minimum Gasteiger partial charge on any atom is -0.394 e. The molecule has 1 saturated heterocycles. The van der Waals surface area contributed by atoms with E-state index in [2.05, 4.69) is 27.2 Å². The number of hydrogen-bond donors (Lipinski definition) is 5. The highest BCUT2D eigenvalue weighted by atomic mass is 16.6. The van der Waals surface area contributed by atoms with Crippen LogP contribution in [0.3, 0.4) is 0 Å². The molecule has 2 aromatic heterocycles. The van der Waals surface area contributed by atoms with Gasteiger partial charge in [-0.2, -0.15) is 0 Å². The first-order valence-corrected chi connectivity index (χ1v) is 7.93. The van der Waals surface area contributed by atoms with Crippen molar-refractivity contribution in [3.05, 3.63) is 6.33 Å². The van der Waals surface area contributed by atoms with Crippen molar-refractivity contribution in [3.8, 4) is 0 Å². The second-order valence-electron chi connectivity index (χ2n) is 5.75. The zero-order valence-corrected chi connectivity index (χ0v) is 13.3. The number of aliphatic hydroxyl groups excluding tert-OH is 3. The number of nitrogens with one attached hydrogen (secondary N) is 1. The molecule has 132 valence electrons. The van der Waals surface area contributed by atoms with E-state index >= 15 is 0 Å². The van der Waals surface area contributed by atoms with Crippen molar-refractivity contribution in [2.24, 2.45) is 0 Å². The Labute approximate surface area is 138 Å². The highest BCUT2D eigenvalue weighted by molar-refractivity contribution is 5.84. The van der Waals surface area contributed by atoms with Crippen molar-refractivity contribution in [1.82, 2.24) is 19.5 Å². The number of aromatic nitrogens is 4. The van der Waals surface area contributed by atoms with Crippen LogP contribution in [0.5, 0.6) is 0 Å². The van der Waals surface area contributed by atoms with E-state index in [1.807, 2.05) is 0 Å². The lowest BCUT2D eigenvalue weighted by Gasteiger charge is -2.19. The number of aliphatic hydroxyl groups is 3. The molecular formula is C14H22N6O4. The number of hydrogen-bond acceptors (Lipinski definition) is 9. The molecular weight excluding hydrogens is 316 g/mol. The lowest BCUT2D eigenvalue weighted by molar-refractivity contribution is -0.0501. The van der Waals surface area contributed by atoms with Gasteiger partial charge in [0.2, 0.25) is 5.95 Å². The minimum atomic E-state index is -1.23. The monoisotopic (exact) mass is 338 g/mol. The SMILES string of the molecule is CCCCNc1nc2c(N)ncnc2n1[C@@H]1O[C@H](CO)[C@@H](O)[C@@H]1O. The van der Waals surface area contributed by atoms with Crippen LogP contribution in [0.1, 0.15) is 26.0 Å². The maximum atomic E-state index is 10.3. The Morgan fingerprint density at radius 1 is 1.33 bits per heavy atom. The average molecular weight is 338 g/mol. The number of imidazole rings is 1. The lowest BCUT2D eigenvalue weighted by atomic mass is 10.1. The molecule has 10 heteroatoms. The Hall–Kier alpha value is -2.01. The molecule has 4 atom stereocenters. The first kappa shape index (κ1) is 16.8. The molecule has 3 rings (SSSR count). The number of nitrogens with zero attached hydrogens (tertiary/aromatic N) is 4. The van der Waals surface area contributed by atoms with Crippen LogP contribution >= 0.6 is 0 Å². The van der Waals surface area contributed by atoms with Crippen molar-refractivity contribution >= 4 is 22.9 Å². The van der Waals surface area contributed by atoms with Crippen LogP contribution in [0.15, 0.2) is 6.33 Å². The quantitative estimate of drug-likeness (QED) is 0.428. The second kappa shape index (κ2) is 6.85. The van der Waals surface area contributed by atoms with Gasteiger partial charge in [0.1, 0.15) is 24.6 Å². The van der Waals surface area contributed by atoms with E-state index in [0.717, 1.165) is 12.8 Å². The molecule has 1 aliphatic rings. The second-order valence-corrected chi connectivity index (χ2v) is 5.75. The molecule has 0 spiro atoms. The predicted octanol–water partition coefficient (Wildman–Crippen LogP) is -0.768. The van der Waals surface area contributed by atoms with Crippen LogP contribution in [0.4, 0.5) is 11.8 Å². The number of unbranched alkanes of at least 4 members (excludes halogenated alkanes) is 1. The van der Waals surface area contributed by atoms with Crippen LogP contribution in [0.2, 0.25) is 0 Å². The predicted molar refractivity (Wildman–Crippen MR) is 86.1 cm³/mol. The van der Waals surface area contributed by atoms with Gasteiger partial charge < -0.3 is 31.1 Å². The maximum Gasteiger partial charge on any atom is 0.207 e. The summed E-state index contributed by atoms with van der Waals surface area (Å²) in [5, 5.41) is 32.8. The van der Waals surface area contributed by atoms with Gasteiger partial charge in [-0.3, -0.25) is 4.57 Å². The van der Waals surface area contributed by atoms with Crippen molar-refractivity contribution < 1.29 is 20.1 Å². The average Bonchev–Trinajstić information content (AvgIpc) is 3.07. The summed E-state index contributed by atoms with van der Waals surface area (Å²) >= 11 is 0. The van der Waals surface area contributed by atoms with Gasteiger partial charge in [-0.25, -0.2) is 15.0 Å². The van der Waals surface area contributed by atoms with Gasteiger partial charge in [0, 0.05) is 6.54 Å². The molecule has 3 heterocycles. The highest BCUT2D eigenvalue weighted by Crippen LogP contribution is 2.34. The Morgan fingerprint density at radius 2 is 2.12 bits per heavy atom. The molecule has 6 N–H and O–H groups in total. The van der Waals surface area contributed by atoms with Crippen molar-refractivity contribution in [3.63, 3.8) is 0 Å². The number of anilines is 2. The molecule has 0 bridgehead atoms. The van der Waals surface area contributed by atoms with Gasteiger partial charge in [0.05, 0.1) is 6.61 Å². The molecule has 0 radical (unpaired) electrons. The van der Waals surface area contributed by atoms with Crippen LogP contribution in [0.25, 0.3) is 11.2 Å². The van der Waals surface area contributed by atoms with Crippen molar-refractivity contribution in [2.45, 2.75) is 44.3 Å². The summed E-state index contributed by atoms with van der Waals surface area (Å²) in [7, 11) is 0. The lowest BCUT2D eigenvalue weighted by Crippen LogP contribution is -2.33. The fourth-order valence-corrected chi connectivity index (χ4v) is 2.76. The fourth-order valence-electron chi connectivity index (χ4n) is 2.76. The fraction of sp³-hybridized carbons (Fsp3) is 0.643. The van der Waals surface area contributed by atoms with Crippen molar-refractivity contribution in [2.75, 3.05) is 24.2 Å². The van der Waals surface area contributed by atoms with E-state index in [9.17, 15) is 15.3 Å². The zero-order valence-electron chi connectivity index (χ0n) is 13.3. The molecule has 10 nitrogen and oxygen atoms in total. The summed E-state index contributed by atoms with van der Waals surface area (Å²) in [4.78, 5) is 12.5. The molecule has 24 heavy (non-hydrogen) atoms. The van der Waals surface area contributed by atoms with Gasteiger partial charge in [-0.15, -0.1) is 0 Å². The van der Waals surface area contributed by atoms with E-state index in [1.54, 1.807) is 4.57 Å². The van der Waals surface area contributed by atoms with E-state index in [-0.39, 0.29) is 5.82 Å². The molecule has 1 fully saturated rings. The molecule has 1 aliphatic heterocycles. The van der Waals surface area contributed by atoms with Crippen LogP contribution in [0, 0.1) is 0 Å².